The summed E-state index contributed by atoms with van der Waals surface area (Å²) in [5.41, 5.74) is 5.49. The van der Waals surface area contributed by atoms with Crippen LogP contribution < -0.4 is 5.73 Å². The van der Waals surface area contributed by atoms with Gasteiger partial charge in [0.1, 0.15) is 0 Å². The zero-order chi connectivity index (χ0) is 12.4. The van der Waals surface area contributed by atoms with Crippen LogP contribution >= 0.6 is 0 Å². The first-order valence-corrected chi connectivity index (χ1v) is 7.31. The molecule has 0 aromatic rings. The second-order valence-corrected chi connectivity index (χ2v) is 6.31. The lowest BCUT2D eigenvalue weighted by atomic mass is 10.2. The van der Waals surface area contributed by atoms with E-state index in [4.69, 9.17) is 29.2 Å². The van der Waals surface area contributed by atoms with Crippen LogP contribution in [-0.2, 0) is 13.3 Å². The van der Waals surface area contributed by atoms with Crippen molar-refractivity contribution in [3.8, 4) is 0 Å². The maximum atomic E-state index is 8.88. The minimum Gasteiger partial charge on any atom is -0.396 e. The lowest BCUT2D eigenvalue weighted by molar-refractivity contribution is 0.0320. The van der Waals surface area contributed by atoms with Gasteiger partial charge in [-0.25, -0.2) is 0 Å². The molecule has 0 unspecified atom stereocenters. The van der Waals surface area contributed by atoms with Crippen LogP contribution in [0.1, 0.15) is 12.8 Å². The van der Waals surface area contributed by atoms with Gasteiger partial charge in [0, 0.05) is 33.5 Å². The van der Waals surface area contributed by atoms with E-state index in [0.717, 1.165) is 0 Å². The monoisotopic (exact) mass is 253 g/mol. The molecular formula is C9H23NO5Si. The molecule has 98 valence electrons. The van der Waals surface area contributed by atoms with Gasteiger partial charge in [0.2, 0.25) is 0 Å². The van der Waals surface area contributed by atoms with Crippen LogP contribution in [-0.4, -0.2) is 59.1 Å². The first-order valence-electron chi connectivity index (χ1n) is 5.38. The Balaban J connectivity index is 4.41. The largest absolute Gasteiger partial charge is 0.501 e. The second-order valence-electron chi connectivity index (χ2n) is 3.39. The third kappa shape index (κ3) is 5.35. The van der Waals surface area contributed by atoms with Crippen molar-refractivity contribution in [3.05, 3.63) is 0 Å². The van der Waals surface area contributed by atoms with Gasteiger partial charge in [-0.3, -0.25) is 0 Å². The predicted octanol–water partition coefficient (Wildman–Crippen LogP) is -0.673. The molecule has 0 aliphatic carbocycles. The predicted molar refractivity (Wildman–Crippen MR) is 61.9 cm³/mol. The number of nitrogens with two attached hydrogens (primary N) is 1. The highest BCUT2D eigenvalue weighted by atomic mass is 28.4. The smallest absolute Gasteiger partial charge is 0.396 e. The highest BCUT2D eigenvalue weighted by molar-refractivity contribution is 6.60. The van der Waals surface area contributed by atoms with Crippen LogP contribution in [0.2, 0.25) is 6.04 Å². The number of rotatable bonds is 10. The molecular weight excluding hydrogens is 230 g/mol. The van der Waals surface area contributed by atoms with E-state index in [2.05, 4.69) is 0 Å². The standard InChI is InChI=1S/C9H23NO5Si/c1-13-16(14-2,8-5-10)15-9(3-6-11)4-7-12/h9,11-12H,3-8,10H2,1-2H3. The Labute approximate surface area is 97.7 Å². The normalized spacial score (nSPS) is 12.4. The van der Waals surface area contributed by atoms with Crippen molar-refractivity contribution in [1.29, 1.82) is 0 Å². The van der Waals surface area contributed by atoms with Gasteiger partial charge in [-0.1, -0.05) is 0 Å². The fourth-order valence-electron chi connectivity index (χ4n) is 1.42. The number of hydrogen-bond acceptors (Lipinski definition) is 6. The number of aliphatic hydroxyl groups is 2. The van der Waals surface area contributed by atoms with Crippen molar-refractivity contribution in [2.45, 2.75) is 25.0 Å². The average Bonchev–Trinajstić information content (AvgIpc) is 2.29. The first kappa shape index (κ1) is 16.0. The summed E-state index contributed by atoms with van der Waals surface area (Å²) in [5, 5.41) is 17.8. The first-order chi connectivity index (χ1) is 7.67. The van der Waals surface area contributed by atoms with Crippen LogP contribution in [0.15, 0.2) is 0 Å². The molecule has 16 heavy (non-hydrogen) atoms. The maximum Gasteiger partial charge on any atom is 0.501 e. The van der Waals surface area contributed by atoms with E-state index in [1.807, 2.05) is 0 Å². The third-order valence-corrected chi connectivity index (χ3v) is 5.16. The second kappa shape index (κ2) is 9.05. The molecule has 0 saturated carbocycles. The molecule has 0 bridgehead atoms. The molecule has 0 aromatic carbocycles. The Morgan fingerprint density at radius 1 is 1.12 bits per heavy atom. The Morgan fingerprint density at radius 3 is 1.94 bits per heavy atom. The molecule has 0 spiro atoms. The Morgan fingerprint density at radius 2 is 1.62 bits per heavy atom. The molecule has 7 heteroatoms. The minimum atomic E-state index is -2.73. The van der Waals surface area contributed by atoms with E-state index in [1.165, 1.54) is 14.2 Å². The zero-order valence-corrected chi connectivity index (χ0v) is 11.0. The van der Waals surface area contributed by atoms with Crippen molar-refractivity contribution >= 4 is 8.80 Å². The highest BCUT2D eigenvalue weighted by Crippen LogP contribution is 2.18. The van der Waals surface area contributed by atoms with Gasteiger partial charge in [0.25, 0.3) is 0 Å². The van der Waals surface area contributed by atoms with Gasteiger partial charge in [-0.05, 0) is 19.4 Å². The van der Waals surface area contributed by atoms with E-state index in [1.54, 1.807) is 0 Å². The summed E-state index contributed by atoms with van der Waals surface area (Å²) in [4.78, 5) is 0. The highest BCUT2D eigenvalue weighted by Gasteiger charge is 2.40. The van der Waals surface area contributed by atoms with Crippen LogP contribution in [0.5, 0.6) is 0 Å². The molecule has 0 aromatic heterocycles. The van der Waals surface area contributed by atoms with Crippen molar-refractivity contribution in [1.82, 2.24) is 0 Å². The summed E-state index contributed by atoms with van der Waals surface area (Å²) in [7, 11) is 0.328. The molecule has 0 aliphatic heterocycles. The lowest BCUT2D eigenvalue weighted by Gasteiger charge is -2.30. The van der Waals surface area contributed by atoms with E-state index in [9.17, 15) is 0 Å². The molecule has 0 radical (unpaired) electrons. The van der Waals surface area contributed by atoms with Gasteiger partial charge in [-0.15, -0.1) is 0 Å². The summed E-state index contributed by atoms with van der Waals surface area (Å²) < 4.78 is 16.4. The minimum absolute atomic E-state index is 0.00516. The summed E-state index contributed by atoms with van der Waals surface area (Å²) in [5.74, 6) is 0. The van der Waals surface area contributed by atoms with Gasteiger partial charge in [0.05, 0.1) is 6.10 Å². The van der Waals surface area contributed by atoms with Gasteiger partial charge >= 0.3 is 8.80 Å². The Kier molecular flexibility index (Phi) is 9.04. The van der Waals surface area contributed by atoms with Crippen LogP contribution in [0.4, 0.5) is 0 Å². The summed E-state index contributed by atoms with van der Waals surface area (Å²) >= 11 is 0. The van der Waals surface area contributed by atoms with Crippen LogP contribution in [0.25, 0.3) is 0 Å². The summed E-state index contributed by atoms with van der Waals surface area (Å²) in [6.07, 6.45) is 0.646. The quantitative estimate of drug-likeness (QED) is 0.447. The van der Waals surface area contributed by atoms with Gasteiger partial charge in [0.15, 0.2) is 0 Å². The van der Waals surface area contributed by atoms with Crippen molar-refractivity contribution in [2.24, 2.45) is 5.73 Å². The Hall–Kier alpha value is -0.0231. The average molecular weight is 253 g/mol. The molecule has 0 heterocycles. The lowest BCUT2D eigenvalue weighted by Crippen LogP contribution is -2.48. The molecule has 0 aliphatic rings. The zero-order valence-electron chi connectivity index (χ0n) is 10.0. The van der Waals surface area contributed by atoms with E-state index in [-0.39, 0.29) is 19.3 Å². The van der Waals surface area contributed by atoms with Crippen molar-refractivity contribution in [3.63, 3.8) is 0 Å². The number of hydrogen-bond donors (Lipinski definition) is 3. The molecule has 0 fully saturated rings. The summed E-state index contributed by atoms with van der Waals surface area (Å²) in [6.45, 7) is 0.426. The SMILES string of the molecule is CO[Si](CCN)(OC)OC(CCO)CCO. The molecule has 0 saturated heterocycles. The maximum absolute atomic E-state index is 8.88. The summed E-state index contributed by atoms with van der Waals surface area (Å²) in [6, 6.07) is 0.521. The molecule has 0 atom stereocenters. The van der Waals surface area contributed by atoms with Crippen molar-refractivity contribution in [2.75, 3.05) is 34.0 Å². The molecule has 4 N–H and O–H groups in total. The molecule has 0 amide bonds. The van der Waals surface area contributed by atoms with Crippen LogP contribution in [0, 0.1) is 0 Å². The van der Waals surface area contributed by atoms with Gasteiger partial charge in [-0.2, -0.15) is 0 Å². The fourth-order valence-corrected chi connectivity index (χ4v) is 3.41. The third-order valence-electron chi connectivity index (χ3n) is 2.32. The topological polar surface area (TPSA) is 94.2 Å². The molecule has 0 rings (SSSR count). The molecule has 6 nitrogen and oxygen atoms in total. The van der Waals surface area contributed by atoms with E-state index < -0.39 is 8.80 Å². The Bertz CT molecular complexity index is 162. The van der Waals surface area contributed by atoms with E-state index in [0.29, 0.717) is 25.4 Å². The van der Waals surface area contributed by atoms with Crippen LogP contribution in [0.3, 0.4) is 0 Å². The number of aliphatic hydroxyl groups excluding tert-OH is 2. The fraction of sp³-hybridized carbons (Fsp3) is 1.00. The van der Waals surface area contributed by atoms with E-state index >= 15 is 0 Å². The van der Waals surface area contributed by atoms with Crippen molar-refractivity contribution < 1.29 is 23.5 Å². The van der Waals surface area contributed by atoms with Gasteiger partial charge < -0.3 is 29.2 Å².